The number of methoxy groups -OCH3 is 1. The van der Waals surface area contributed by atoms with Crippen LogP contribution in [0.25, 0.3) is 0 Å². The summed E-state index contributed by atoms with van der Waals surface area (Å²) in [7, 11) is 1.27. The minimum absolute atomic E-state index is 0.0603. The van der Waals surface area contributed by atoms with E-state index in [1.807, 2.05) is 0 Å². The average Bonchev–Trinajstić information content (AvgIpc) is 2.78. The molecular formula is C23H28O12. The van der Waals surface area contributed by atoms with Gasteiger partial charge in [-0.15, -0.1) is 0 Å². The fourth-order valence-corrected chi connectivity index (χ4v) is 3.36. The molecule has 2 rings (SSSR count). The van der Waals surface area contributed by atoms with Crippen molar-refractivity contribution in [2.45, 2.75) is 65.0 Å². The van der Waals surface area contributed by atoms with Gasteiger partial charge in [-0.1, -0.05) is 12.1 Å². The maximum absolute atomic E-state index is 11.8. The van der Waals surface area contributed by atoms with E-state index in [1.54, 1.807) is 12.1 Å². The summed E-state index contributed by atoms with van der Waals surface area (Å²) in [6.45, 7) is 4.17. The highest BCUT2D eigenvalue weighted by molar-refractivity contribution is 5.89. The Morgan fingerprint density at radius 1 is 0.771 bits per heavy atom. The van der Waals surface area contributed by atoms with E-state index in [0.29, 0.717) is 11.1 Å². The molecule has 0 amide bonds. The zero-order chi connectivity index (χ0) is 26.1. The van der Waals surface area contributed by atoms with E-state index in [1.165, 1.54) is 26.2 Å². The Balaban J connectivity index is 2.33. The molecule has 0 radical (unpaired) electrons. The van der Waals surface area contributed by atoms with Crippen molar-refractivity contribution < 1.29 is 57.1 Å². The lowest BCUT2D eigenvalue weighted by molar-refractivity contribution is -0.310. The van der Waals surface area contributed by atoms with E-state index in [0.717, 1.165) is 20.8 Å². The first-order valence-electron chi connectivity index (χ1n) is 10.6. The topological polar surface area (TPSA) is 150 Å². The Morgan fingerprint density at radius 2 is 1.31 bits per heavy atom. The predicted molar refractivity (Wildman–Crippen MR) is 115 cm³/mol. The molecule has 1 aromatic carbocycles. The van der Waals surface area contributed by atoms with Gasteiger partial charge in [0.25, 0.3) is 0 Å². The van der Waals surface area contributed by atoms with E-state index >= 15 is 0 Å². The predicted octanol–water partition coefficient (Wildman–Crippen LogP) is 1.07. The molecule has 35 heavy (non-hydrogen) atoms. The molecule has 12 heteroatoms. The molecule has 1 fully saturated rings. The van der Waals surface area contributed by atoms with Crippen LogP contribution in [0.4, 0.5) is 0 Å². The maximum atomic E-state index is 11.8. The summed E-state index contributed by atoms with van der Waals surface area (Å²) in [5, 5.41) is 0. The smallest absolute Gasteiger partial charge is 0.337 e. The van der Waals surface area contributed by atoms with Crippen molar-refractivity contribution in [2.24, 2.45) is 0 Å². The monoisotopic (exact) mass is 496 g/mol. The van der Waals surface area contributed by atoms with Crippen LogP contribution in [0.2, 0.25) is 0 Å². The molecular weight excluding hydrogens is 468 g/mol. The quantitative estimate of drug-likeness (QED) is 0.355. The molecule has 0 N–H and O–H groups in total. The molecule has 0 bridgehead atoms. The van der Waals surface area contributed by atoms with Crippen LogP contribution >= 0.6 is 0 Å². The summed E-state index contributed by atoms with van der Waals surface area (Å²) < 4.78 is 37.3. The van der Waals surface area contributed by atoms with Gasteiger partial charge < -0.3 is 33.2 Å². The minimum atomic E-state index is -1.32. The third-order valence-corrected chi connectivity index (χ3v) is 4.74. The van der Waals surface area contributed by atoms with E-state index in [4.69, 9.17) is 28.4 Å². The van der Waals surface area contributed by atoms with Crippen LogP contribution in [0, 0.1) is 0 Å². The Bertz CT molecular complexity index is 925. The number of carbonyl (C=O) groups is 5. The van der Waals surface area contributed by atoms with E-state index in [-0.39, 0.29) is 13.2 Å². The molecule has 1 saturated heterocycles. The summed E-state index contributed by atoms with van der Waals surface area (Å²) in [6.07, 6.45) is -6.30. The summed E-state index contributed by atoms with van der Waals surface area (Å²) in [5.41, 5.74) is 0.967. The second-order valence-electron chi connectivity index (χ2n) is 7.57. The van der Waals surface area contributed by atoms with Crippen LogP contribution in [0.15, 0.2) is 24.3 Å². The number of hydrogen-bond donors (Lipinski definition) is 0. The SMILES string of the molecule is COC(=O)c1ccc(CO[C@H]2O[C@H](COC(C)=O)[C@@H](OC(C)=O)[C@H](OC(C)=O)[C@@H]2OC(C)=O)cc1. The van der Waals surface area contributed by atoms with Crippen LogP contribution in [-0.2, 0) is 58.9 Å². The van der Waals surface area contributed by atoms with Crippen molar-refractivity contribution in [1.82, 2.24) is 0 Å². The lowest BCUT2D eigenvalue weighted by atomic mass is 9.98. The number of carbonyl (C=O) groups excluding carboxylic acids is 5. The highest BCUT2D eigenvalue weighted by Crippen LogP contribution is 2.30. The van der Waals surface area contributed by atoms with E-state index < -0.39 is 60.6 Å². The van der Waals surface area contributed by atoms with Gasteiger partial charge in [0.2, 0.25) is 0 Å². The fourth-order valence-electron chi connectivity index (χ4n) is 3.36. The molecule has 0 unspecified atom stereocenters. The molecule has 1 heterocycles. The molecule has 1 aliphatic heterocycles. The normalized spacial score (nSPS) is 23.5. The average molecular weight is 496 g/mol. The molecule has 0 saturated carbocycles. The second kappa shape index (κ2) is 12.8. The number of hydrogen-bond acceptors (Lipinski definition) is 12. The third-order valence-electron chi connectivity index (χ3n) is 4.74. The molecule has 1 aromatic rings. The Labute approximate surface area is 201 Å². The standard InChI is InChI=1S/C23H28O12/c1-12(24)30-11-18-19(32-13(2)25)20(33-14(3)26)21(34-15(4)27)23(35-18)31-10-16-6-8-17(9-7-16)22(28)29-5/h6-9,18-21,23H,10-11H2,1-5H3/t18-,19-,20+,21+,23+/m1/s1. The lowest BCUT2D eigenvalue weighted by Crippen LogP contribution is -2.62. The van der Waals surface area contributed by atoms with Crippen LogP contribution in [-0.4, -0.2) is 74.3 Å². The van der Waals surface area contributed by atoms with Crippen molar-refractivity contribution in [1.29, 1.82) is 0 Å². The molecule has 5 atom stereocenters. The van der Waals surface area contributed by atoms with Crippen LogP contribution in [0.5, 0.6) is 0 Å². The first-order chi connectivity index (χ1) is 16.5. The van der Waals surface area contributed by atoms with Crippen molar-refractivity contribution in [3.63, 3.8) is 0 Å². The van der Waals surface area contributed by atoms with Gasteiger partial charge in [-0.3, -0.25) is 19.2 Å². The number of ether oxygens (including phenoxy) is 7. The van der Waals surface area contributed by atoms with Crippen LogP contribution < -0.4 is 0 Å². The van der Waals surface area contributed by atoms with Crippen molar-refractivity contribution in [3.05, 3.63) is 35.4 Å². The fraction of sp³-hybridized carbons (Fsp3) is 0.522. The zero-order valence-corrected chi connectivity index (χ0v) is 20.0. The van der Waals surface area contributed by atoms with Gasteiger partial charge in [0.15, 0.2) is 24.6 Å². The summed E-state index contributed by atoms with van der Waals surface area (Å²) in [5.74, 6) is -3.32. The van der Waals surface area contributed by atoms with Crippen molar-refractivity contribution in [2.75, 3.05) is 13.7 Å². The minimum Gasteiger partial charge on any atom is -0.465 e. The van der Waals surface area contributed by atoms with Crippen molar-refractivity contribution in [3.8, 4) is 0 Å². The first kappa shape index (κ1) is 27.7. The number of rotatable bonds is 9. The molecule has 0 aliphatic carbocycles. The maximum Gasteiger partial charge on any atom is 0.337 e. The van der Waals surface area contributed by atoms with E-state index in [9.17, 15) is 24.0 Å². The summed E-state index contributed by atoms with van der Waals surface area (Å²) in [4.78, 5) is 58.4. The zero-order valence-electron chi connectivity index (χ0n) is 20.0. The van der Waals surface area contributed by atoms with Crippen LogP contribution in [0.3, 0.4) is 0 Å². The molecule has 0 aromatic heterocycles. The van der Waals surface area contributed by atoms with Crippen LogP contribution in [0.1, 0.15) is 43.6 Å². The highest BCUT2D eigenvalue weighted by Gasteiger charge is 2.52. The summed E-state index contributed by atoms with van der Waals surface area (Å²) in [6, 6.07) is 6.32. The molecule has 0 spiro atoms. The van der Waals surface area contributed by atoms with Gasteiger partial charge in [-0.05, 0) is 17.7 Å². The largest absolute Gasteiger partial charge is 0.465 e. The molecule has 192 valence electrons. The number of benzene rings is 1. The van der Waals surface area contributed by atoms with Gasteiger partial charge >= 0.3 is 29.8 Å². The molecule has 1 aliphatic rings. The lowest BCUT2D eigenvalue weighted by Gasteiger charge is -2.44. The Morgan fingerprint density at radius 3 is 1.83 bits per heavy atom. The third kappa shape index (κ3) is 8.34. The van der Waals surface area contributed by atoms with Gasteiger partial charge in [-0.2, -0.15) is 0 Å². The second-order valence-corrected chi connectivity index (χ2v) is 7.57. The van der Waals surface area contributed by atoms with E-state index in [2.05, 4.69) is 4.74 Å². The number of esters is 5. The van der Waals surface area contributed by atoms with Gasteiger partial charge in [0.1, 0.15) is 12.7 Å². The van der Waals surface area contributed by atoms with Gasteiger partial charge in [-0.25, -0.2) is 4.79 Å². The summed E-state index contributed by atoms with van der Waals surface area (Å²) >= 11 is 0. The highest BCUT2D eigenvalue weighted by atomic mass is 16.7. The van der Waals surface area contributed by atoms with Gasteiger partial charge in [0, 0.05) is 27.7 Å². The van der Waals surface area contributed by atoms with Gasteiger partial charge in [0.05, 0.1) is 19.3 Å². The van der Waals surface area contributed by atoms with Crippen molar-refractivity contribution >= 4 is 29.8 Å². The Hall–Kier alpha value is -3.51. The Kier molecular flexibility index (Phi) is 10.2. The first-order valence-corrected chi connectivity index (χ1v) is 10.6. The molecule has 12 nitrogen and oxygen atoms in total.